The molecule has 0 spiro atoms. The maximum absolute atomic E-state index is 12.5. The Bertz CT molecular complexity index is 771. The number of nitrogens with one attached hydrogen (secondary N) is 1. The molecular weight excluding hydrogens is 322 g/mol. The standard InChI is InChI=1S/C18H21N3O4/c22-15(20-18(16(23)24)8-3-9-18)12-6-10-21(11-7-12)17-19-13-4-1-2-5-14(13)25-17/h1-2,4-5,12H,3,6-11H2,(H,20,22)(H,23,24). The average Bonchev–Trinajstić information content (AvgIpc) is 3.02. The number of piperidine rings is 1. The molecule has 7 heteroatoms. The van der Waals surface area contributed by atoms with Gasteiger partial charge in [-0.3, -0.25) is 4.79 Å². The van der Waals surface area contributed by atoms with Gasteiger partial charge in [-0.15, -0.1) is 0 Å². The summed E-state index contributed by atoms with van der Waals surface area (Å²) in [6, 6.07) is 8.21. The highest BCUT2D eigenvalue weighted by Crippen LogP contribution is 2.33. The number of carbonyl (C=O) groups is 2. The molecule has 2 fully saturated rings. The first-order valence-corrected chi connectivity index (χ1v) is 8.73. The Balaban J connectivity index is 1.38. The van der Waals surface area contributed by atoms with Gasteiger partial charge in [-0.25, -0.2) is 4.79 Å². The van der Waals surface area contributed by atoms with Gasteiger partial charge in [0, 0.05) is 19.0 Å². The van der Waals surface area contributed by atoms with Gasteiger partial charge in [0.1, 0.15) is 11.1 Å². The van der Waals surface area contributed by atoms with Crippen molar-refractivity contribution < 1.29 is 19.1 Å². The molecule has 2 heterocycles. The van der Waals surface area contributed by atoms with Crippen LogP contribution in [0.4, 0.5) is 6.01 Å². The second-order valence-electron chi connectivity index (χ2n) is 6.96. The van der Waals surface area contributed by atoms with Gasteiger partial charge in [-0.1, -0.05) is 12.1 Å². The molecule has 132 valence electrons. The predicted octanol–water partition coefficient (Wildman–Crippen LogP) is 2.17. The van der Waals surface area contributed by atoms with Gasteiger partial charge in [0.05, 0.1) is 0 Å². The number of carboxylic acid groups (broad SMARTS) is 1. The third kappa shape index (κ3) is 2.83. The van der Waals surface area contributed by atoms with Gasteiger partial charge in [-0.2, -0.15) is 4.98 Å². The third-order valence-electron chi connectivity index (χ3n) is 5.40. The van der Waals surface area contributed by atoms with Crippen molar-refractivity contribution in [2.24, 2.45) is 5.92 Å². The molecule has 1 aromatic heterocycles. The number of aliphatic carboxylic acids is 1. The molecular formula is C18H21N3O4. The Hall–Kier alpha value is -2.57. The van der Waals surface area contributed by atoms with Crippen LogP contribution in [0.25, 0.3) is 11.1 Å². The summed E-state index contributed by atoms with van der Waals surface area (Å²) >= 11 is 0. The van der Waals surface area contributed by atoms with Gasteiger partial charge in [0.2, 0.25) is 5.91 Å². The molecule has 1 saturated carbocycles. The highest BCUT2D eigenvalue weighted by atomic mass is 16.4. The van der Waals surface area contributed by atoms with Crippen LogP contribution in [0.1, 0.15) is 32.1 Å². The SMILES string of the molecule is O=C(NC1(C(=O)O)CCC1)C1CCN(c2nc3ccccc3o2)CC1. The number of hydrogen-bond acceptors (Lipinski definition) is 5. The van der Waals surface area contributed by atoms with Gasteiger partial charge < -0.3 is 19.7 Å². The topological polar surface area (TPSA) is 95.7 Å². The number of amides is 1. The fourth-order valence-corrected chi connectivity index (χ4v) is 3.59. The highest BCUT2D eigenvalue weighted by molar-refractivity contribution is 5.89. The van der Waals surface area contributed by atoms with Crippen LogP contribution >= 0.6 is 0 Å². The first-order valence-electron chi connectivity index (χ1n) is 8.73. The van der Waals surface area contributed by atoms with Gasteiger partial charge in [0.15, 0.2) is 5.58 Å². The van der Waals surface area contributed by atoms with E-state index in [-0.39, 0.29) is 11.8 Å². The fraction of sp³-hybridized carbons (Fsp3) is 0.500. The van der Waals surface area contributed by atoms with E-state index >= 15 is 0 Å². The second kappa shape index (κ2) is 6.06. The molecule has 1 aliphatic heterocycles. The summed E-state index contributed by atoms with van der Waals surface area (Å²) in [7, 11) is 0. The van der Waals surface area contributed by atoms with Crippen molar-refractivity contribution in [3.8, 4) is 0 Å². The number of carbonyl (C=O) groups excluding carboxylic acids is 1. The molecule has 1 aromatic carbocycles. The number of aromatic nitrogens is 1. The number of oxazole rings is 1. The van der Waals surface area contributed by atoms with E-state index < -0.39 is 11.5 Å². The quantitative estimate of drug-likeness (QED) is 0.883. The molecule has 1 amide bonds. The number of benzene rings is 1. The number of hydrogen-bond donors (Lipinski definition) is 2. The van der Waals surface area contributed by atoms with E-state index in [1.165, 1.54) is 0 Å². The number of carboxylic acids is 1. The van der Waals surface area contributed by atoms with Crippen LogP contribution in [0.5, 0.6) is 0 Å². The fourth-order valence-electron chi connectivity index (χ4n) is 3.59. The number of anilines is 1. The van der Waals surface area contributed by atoms with Crippen molar-refractivity contribution in [2.75, 3.05) is 18.0 Å². The molecule has 1 saturated heterocycles. The Morgan fingerprint density at radius 1 is 1.24 bits per heavy atom. The molecule has 2 aliphatic rings. The predicted molar refractivity (Wildman–Crippen MR) is 91.3 cm³/mol. The number of para-hydroxylation sites is 2. The number of fused-ring (bicyclic) bond motifs is 1. The number of rotatable bonds is 4. The van der Waals surface area contributed by atoms with Crippen LogP contribution in [0.3, 0.4) is 0 Å². The van der Waals surface area contributed by atoms with E-state index in [2.05, 4.69) is 10.3 Å². The lowest BCUT2D eigenvalue weighted by atomic mass is 9.76. The van der Waals surface area contributed by atoms with Gasteiger partial charge in [0.25, 0.3) is 6.01 Å². The molecule has 0 radical (unpaired) electrons. The second-order valence-corrected chi connectivity index (χ2v) is 6.96. The smallest absolute Gasteiger partial charge is 0.329 e. The van der Waals surface area contributed by atoms with Crippen molar-refractivity contribution >= 4 is 29.0 Å². The lowest BCUT2D eigenvalue weighted by Gasteiger charge is -2.40. The summed E-state index contributed by atoms with van der Waals surface area (Å²) in [5, 5.41) is 12.1. The largest absolute Gasteiger partial charge is 0.480 e. The van der Waals surface area contributed by atoms with Crippen molar-refractivity contribution in [3.05, 3.63) is 24.3 Å². The maximum Gasteiger partial charge on any atom is 0.329 e. The Morgan fingerprint density at radius 3 is 2.56 bits per heavy atom. The molecule has 25 heavy (non-hydrogen) atoms. The molecule has 0 bridgehead atoms. The third-order valence-corrected chi connectivity index (χ3v) is 5.40. The van der Waals surface area contributed by atoms with E-state index in [9.17, 15) is 14.7 Å². The monoisotopic (exact) mass is 343 g/mol. The summed E-state index contributed by atoms with van der Waals surface area (Å²) in [6.07, 6.45) is 3.23. The van der Waals surface area contributed by atoms with Crippen molar-refractivity contribution in [1.29, 1.82) is 0 Å². The lowest BCUT2D eigenvalue weighted by Crippen LogP contribution is -2.60. The summed E-state index contributed by atoms with van der Waals surface area (Å²) in [4.78, 5) is 30.4. The van der Waals surface area contributed by atoms with Crippen LogP contribution in [0.15, 0.2) is 28.7 Å². The first kappa shape index (κ1) is 15.9. The molecule has 1 aliphatic carbocycles. The van der Waals surface area contributed by atoms with E-state index in [0.29, 0.717) is 44.8 Å². The molecule has 2 N–H and O–H groups in total. The maximum atomic E-state index is 12.5. The van der Waals surface area contributed by atoms with Crippen LogP contribution in [-0.2, 0) is 9.59 Å². The zero-order valence-electron chi connectivity index (χ0n) is 13.9. The molecule has 4 rings (SSSR count). The van der Waals surface area contributed by atoms with Gasteiger partial charge in [-0.05, 0) is 44.2 Å². The van der Waals surface area contributed by atoms with Crippen LogP contribution in [0, 0.1) is 5.92 Å². The Morgan fingerprint density at radius 2 is 1.96 bits per heavy atom. The minimum atomic E-state index is -1.03. The Kier molecular flexibility index (Phi) is 3.86. The molecule has 0 unspecified atom stereocenters. The van der Waals surface area contributed by atoms with Crippen LogP contribution < -0.4 is 10.2 Å². The van der Waals surface area contributed by atoms with E-state index in [1.807, 2.05) is 29.2 Å². The Labute approximate surface area is 145 Å². The summed E-state index contributed by atoms with van der Waals surface area (Å²) < 4.78 is 5.78. The molecule has 7 nitrogen and oxygen atoms in total. The minimum absolute atomic E-state index is 0.140. The van der Waals surface area contributed by atoms with Crippen molar-refractivity contribution in [3.63, 3.8) is 0 Å². The van der Waals surface area contributed by atoms with E-state index in [0.717, 1.165) is 17.5 Å². The van der Waals surface area contributed by atoms with Crippen molar-refractivity contribution in [2.45, 2.75) is 37.6 Å². The average molecular weight is 343 g/mol. The van der Waals surface area contributed by atoms with Gasteiger partial charge >= 0.3 is 5.97 Å². The molecule has 0 atom stereocenters. The van der Waals surface area contributed by atoms with Crippen LogP contribution in [0.2, 0.25) is 0 Å². The molecule has 2 aromatic rings. The minimum Gasteiger partial charge on any atom is -0.480 e. The summed E-state index contributed by atoms with van der Waals surface area (Å²) in [6.45, 7) is 1.34. The normalized spacial score (nSPS) is 20.2. The summed E-state index contributed by atoms with van der Waals surface area (Å²) in [5.41, 5.74) is 0.547. The number of nitrogens with zero attached hydrogens (tertiary/aromatic N) is 2. The summed E-state index contributed by atoms with van der Waals surface area (Å²) in [5.74, 6) is -1.22. The first-order chi connectivity index (χ1) is 12.1. The highest BCUT2D eigenvalue weighted by Gasteiger charge is 2.46. The van der Waals surface area contributed by atoms with Crippen LogP contribution in [-0.4, -0.2) is 40.6 Å². The zero-order chi connectivity index (χ0) is 17.4. The van der Waals surface area contributed by atoms with E-state index in [4.69, 9.17) is 4.42 Å². The zero-order valence-corrected chi connectivity index (χ0v) is 13.9. The van der Waals surface area contributed by atoms with E-state index in [1.54, 1.807) is 0 Å². The van der Waals surface area contributed by atoms with Crippen molar-refractivity contribution in [1.82, 2.24) is 10.3 Å². The lowest BCUT2D eigenvalue weighted by molar-refractivity contribution is -0.152.